The van der Waals surface area contributed by atoms with E-state index in [0.29, 0.717) is 29.0 Å². The number of aryl methyl sites for hydroxylation is 1. The first-order valence-electron chi connectivity index (χ1n) is 14.4. The van der Waals surface area contributed by atoms with E-state index in [1.807, 2.05) is 0 Å². The molecule has 3 aliphatic rings. The molecule has 232 valence electrons. The maximum absolute atomic E-state index is 14.2. The Balaban J connectivity index is 1.41. The van der Waals surface area contributed by atoms with Gasteiger partial charge in [-0.2, -0.15) is 19.0 Å². The van der Waals surface area contributed by atoms with Crippen LogP contribution in [-0.4, -0.2) is 60.1 Å². The number of hydrogen-bond donors (Lipinski definition) is 1. The lowest BCUT2D eigenvalue weighted by molar-refractivity contribution is -0.142. The van der Waals surface area contributed by atoms with Crippen LogP contribution in [0.3, 0.4) is 0 Å². The minimum atomic E-state index is -3.10. The number of aliphatic carboxylic acids is 1. The van der Waals surface area contributed by atoms with Gasteiger partial charge in [-0.1, -0.05) is 29.5 Å². The zero-order chi connectivity index (χ0) is 30.7. The highest BCUT2D eigenvalue weighted by Crippen LogP contribution is 2.43. The molecule has 0 unspecified atom stereocenters. The molecule has 2 bridgehead atoms. The van der Waals surface area contributed by atoms with Crippen LogP contribution in [0.15, 0.2) is 46.2 Å². The van der Waals surface area contributed by atoms with Crippen molar-refractivity contribution in [3.8, 4) is 10.8 Å². The summed E-state index contributed by atoms with van der Waals surface area (Å²) < 4.78 is 46.6. The van der Waals surface area contributed by atoms with Crippen LogP contribution < -0.4 is 16.0 Å². The molecule has 1 N–H and O–H groups in total. The number of benzene rings is 1. The Morgan fingerprint density at radius 3 is 2.48 bits per heavy atom. The SMILES string of the molecule is Cc1c(-n2nccn2)sc2c1c(=O)n(C1(C(=O)O)CC1)c(=O)n2C[C@H](OC1C[C@H]2CC[C@H](C1)O2)c1ccccc1OC(F)F. The van der Waals surface area contributed by atoms with Crippen molar-refractivity contribution in [2.45, 2.75) is 88.6 Å². The Morgan fingerprint density at radius 1 is 1.16 bits per heavy atom. The Hall–Kier alpha value is -3.95. The van der Waals surface area contributed by atoms with Gasteiger partial charge in [-0.15, -0.1) is 4.80 Å². The van der Waals surface area contributed by atoms with Crippen molar-refractivity contribution in [2.75, 3.05) is 0 Å². The number of halogens is 2. The predicted octanol–water partition coefficient (Wildman–Crippen LogP) is 3.76. The number of hydrogen-bond acceptors (Lipinski definition) is 9. The molecular weight excluding hydrogens is 600 g/mol. The Morgan fingerprint density at radius 2 is 1.84 bits per heavy atom. The summed E-state index contributed by atoms with van der Waals surface area (Å²) in [6, 6.07) is 6.24. The molecule has 15 heteroatoms. The molecule has 7 rings (SSSR count). The number of thiophene rings is 1. The number of carbonyl (C=O) groups is 1. The number of fused-ring (bicyclic) bond motifs is 3. The van der Waals surface area contributed by atoms with Crippen LogP contribution in [0.5, 0.6) is 5.75 Å². The van der Waals surface area contributed by atoms with Crippen LogP contribution in [0, 0.1) is 6.92 Å². The monoisotopic (exact) mass is 629 g/mol. The molecule has 0 spiro atoms. The maximum Gasteiger partial charge on any atom is 0.387 e. The van der Waals surface area contributed by atoms with Gasteiger partial charge in [-0.05, 0) is 51.5 Å². The molecule has 3 atom stereocenters. The summed E-state index contributed by atoms with van der Waals surface area (Å²) in [4.78, 5) is 42.1. The molecule has 4 aromatic rings. The smallest absolute Gasteiger partial charge is 0.387 e. The minimum Gasteiger partial charge on any atom is -0.479 e. The van der Waals surface area contributed by atoms with E-state index in [2.05, 4.69) is 10.2 Å². The molecule has 0 amide bonds. The van der Waals surface area contributed by atoms with Crippen LogP contribution in [0.2, 0.25) is 0 Å². The van der Waals surface area contributed by atoms with Gasteiger partial charge in [0.15, 0.2) is 0 Å². The zero-order valence-corrected chi connectivity index (χ0v) is 24.4. The van der Waals surface area contributed by atoms with E-state index >= 15 is 0 Å². The second-order valence-corrected chi connectivity index (χ2v) is 12.5. The fourth-order valence-electron chi connectivity index (χ4n) is 6.52. The van der Waals surface area contributed by atoms with E-state index in [1.54, 1.807) is 25.1 Å². The summed E-state index contributed by atoms with van der Waals surface area (Å²) >= 11 is 1.11. The minimum absolute atomic E-state index is 0.0256. The van der Waals surface area contributed by atoms with Gasteiger partial charge >= 0.3 is 18.3 Å². The lowest BCUT2D eigenvalue weighted by Gasteiger charge is -2.32. The van der Waals surface area contributed by atoms with Crippen LogP contribution >= 0.6 is 11.3 Å². The van der Waals surface area contributed by atoms with Gasteiger partial charge in [0.1, 0.15) is 27.2 Å². The molecule has 1 aromatic carbocycles. The van der Waals surface area contributed by atoms with Gasteiger partial charge in [-0.25, -0.2) is 14.2 Å². The third-order valence-corrected chi connectivity index (χ3v) is 10.1. The largest absolute Gasteiger partial charge is 0.479 e. The van der Waals surface area contributed by atoms with Crippen molar-refractivity contribution in [2.24, 2.45) is 0 Å². The van der Waals surface area contributed by atoms with E-state index in [0.717, 1.165) is 28.7 Å². The summed E-state index contributed by atoms with van der Waals surface area (Å²) in [5, 5.41) is 19.1. The number of nitrogens with zero attached hydrogens (tertiary/aromatic N) is 5. The van der Waals surface area contributed by atoms with E-state index < -0.39 is 35.5 Å². The average molecular weight is 630 g/mol. The van der Waals surface area contributed by atoms with E-state index in [9.17, 15) is 28.3 Å². The number of carboxylic acids is 1. The van der Waals surface area contributed by atoms with Crippen molar-refractivity contribution in [3.63, 3.8) is 0 Å². The summed E-state index contributed by atoms with van der Waals surface area (Å²) in [6.45, 7) is -1.61. The maximum atomic E-state index is 14.2. The molecular formula is C29H29F2N5O7S. The highest BCUT2D eigenvalue weighted by Gasteiger charge is 2.55. The Kier molecular flexibility index (Phi) is 7.13. The Labute approximate surface area is 252 Å². The zero-order valence-electron chi connectivity index (χ0n) is 23.6. The van der Waals surface area contributed by atoms with Crippen LogP contribution in [-0.2, 0) is 26.4 Å². The number of rotatable bonds is 10. The molecule has 44 heavy (non-hydrogen) atoms. The number of para-hydroxylation sites is 1. The van der Waals surface area contributed by atoms with Gasteiger partial charge in [0.25, 0.3) is 5.56 Å². The van der Waals surface area contributed by atoms with Crippen molar-refractivity contribution < 1.29 is 32.9 Å². The molecule has 3 aromatic heterocycles. The standard InChI is InChI=1S/C29H29F2N5O7S/c1-15-22-23(37)35(29(8-9-29)26(38)39)28(40)34(25(22)44-24(15)36-32-10-11-33-36)14-21(19-4-2-3-5-20(19)43-27(30)31)42-18-12-16-6-7-17(13-18)41-16/h2-5,10-11,16-18,21,27H,6-9,12-14H2,1H3,(H,38,39)/t16-,17-,21+/m1/s1. The van der Waals surface area contributed by atoms with Crippen LogP contribution in [0.25, 0.3) is 15.2 Å². The van der Waals surface area contributed by atoms with E-state index in [-0.39, 0.29) is 53.7 Å². The first kappa shape index (κ1) is 28.8. The number of ether oxygens (including phenoxy) is 3. The van der Waals surface area contributed by atoms with Gasteiger partial charge < -0.3 is 19.3 Å². The lowest BCUT2D eigenvalue weighted by atomic mass is 10.0. The third-order valence-electron chi connectivity index (χ3n) is 8.77. The molecule has 1 aliphatic carbocycles. The lowest BCUT2D eigenvalue weighted by Crippen LogP contribution is -2.49. The third kappa shape index (κ3) is 4.82. The summed E-state index contributed by atoms with van der Waals surface area (Å²) in [7, 11) is 0. The first-order valence-corrected chi connectivity index (χ1v) is 15.2. The second kappa shape index (κ2) is 10.9. The van der Waals surface area contributed by atoms with Crippen molar-refractivity contribution >= 4 is 27.5 Å². The number of aromatic nitrogens is 5. The molecule has 0 radical (unpaired) electrons. The van der Waals surface area contributed by atoms with Gasteiger partial charge in [0, 0.05) is 11.1 Å². The van der Waals surface area contributed by atoms with Crippen molar-refractivity contribution in [3.05, 3.63) is 68.6 Å². The fourth-order valence-corrected chi connectivity index (χ4v) is 7.74. The quantitative estimate of drug-likeness (QED) is 0.278. The molecule has 1 saturated carbocycles. The highest BCUT2D eigenvalue weighted by molar-refractivity contribution is 7.21. The number of carboxylic acid groups (broad SMARTS) is 1. The van der Waals surface area contributed by atoms with Gasteiger partial charge in [0.05, 0.1) is 42.6 Å². The second-order valence-electron chi connectivity index (χ2n) is 11.5. The topological polar surface area (TPSA) is 140 Å². The normalized spacial score (nSPS) is 22.9. The van der Waals surface area contributed by atoms with Gasteiger partial charge in [-0.3, -0.25) is 9.36 Å². The number of alkyl halides is 2. The fraction of sp³-hybridized carbons (Fsp3) is 0.483. The summed E-state index contributed by atoms with van der Waals surface area (Å²) in [5.41, 5.74) is -2.43. The predicted molar refractivity (Wildman–Crippen MR) is 153 cm³/mol. The Bertz CT molecular complexity index is 1840. The summed E-state index contributed by atoms with van der Waals surface area (Å²) in [6.07, 6.45) is 5.00. The van der Waals surface area contributed by atoms with E-state index in [1.165, 1.54) is 27.8 Å². The van der Waals surface area contributed by atoms with Crippen molar-refractivity contribution in [1.29, 1.82) is 0 Å². The first-order chi connectivity index (χ1) is 21.2. The molecule has 3 fully saturated rings. The van der Waals surface area contributed by atoms with E-state index in [4.69, 9.17) is 14.2 Å². The highest BCUT2D eigenvalue weighted by atomic mass is 32.1. The molecule has 2 aliphatic heterocycles. The summed E-state index contributed by atoms with van der Waals surface area (Å²) in [5.74, 6) is -1.38. The van der Waals surface area contributed by atoms with Gasteiger partial charge in [0.2, 0.25) is 0 Å². The van der Waals surface area contributed by atoms with Crippen LogP contribution in [0.4, 0.5) is 8.78 Å². The average Bonchev–Trinajstić information content (AvgIpc) is 3.27. The molecule has 5 heterocycles. The van der Waals surface area contributed by atoms with Crippen LogP contribution in [0.1, 0.15) is 55.8 Å². The molecule has 2 saturated heterocycles. The van der Waals surface area contributed by atoms with Crippen molar-refractivity contribution in [1.82, 2.24) is 24.1 Å². The molecule has 12 nitrogen and oxygen atoms in total.